The summed E-state index contributed by atoms with van der Waals surface area (Å²) in [4.78, 5) is 11.1. The minimum atomic E-state index is -0.972. The summed E-state index contributed by atoms with van der Waals surface area (Å²) in [5.41, 5.74) is 0.934. The molecule has 0 heterocycles. The lowest BCUT2D eigenvalue weighted by Gasteiger charge is -2.19. The highest BCUT2D eigenvalue weighted by Crippen LogP contribution is 2.09. The van der Waals surface area contributed by atoms with E-state index in [-0.39, 0.29) is 0 Å². The second-order valence-electron chi connectivity index (χ2n) is 3.68. The molecule has 0 aliphatic carbocycles. The molecule has 0 aliphatic heterocycles. The summed E-state index contributed by atoms with van der Waals surface area (Å²) >= 11 is 0. The largest absolute Gasteiger partial charge is 0.479 e. The Morgan fingerprint density at radius 1 is 1.35 bits per heavy atom. The fraction of sp³-hybridized carbons (Fsp3) is 0.462. The third-order valence-corrected chi connectivity index (χ3v) is 2.30. The van der Waals surface area contributed by atoms with Gasteiger partial charge in [0.05, 0.1) is 0 Å². The van der Waals surface area contributed by atoms with Crippen LogP contribution in [0.5, 0.6) is 0 Å². The Balaban J connectivity index is 2.58. The predicted molar refractivity (Wildman–Crippen MR) is 63.7 cm³/mol. The lowest BCUT2D eigenvalue weighted by molar-refractivity contribution is -0.182. The van der Waals surface area contributed by atoms with Crippen molar-refractivity contribution >= 4 is 5.97 Å². The summed E-state index contributed by atoms with van der Waals surface area (Å²) < 4.78 is 10.5. The van der Waals surface area contributed by atoms with Gasteiger partial charge in [0.1, 0.15) is 0 Å². The molecule has 4 heteroatoms. The van der Waals surface area contributed by atoms with E-state index in [1.54, 1.807) is 6.92 Å². The molecular formula is C13H18O4. The molecule has 1 aromatic rings. The number of carbonyl (C=O) groups is 1. The minimum absolute atomic E-state index is 0.341. The van der Waals surface area contributed by atoms with E-state index in [4.69, 9.17) is 14.6 Å². The Morgan fingerprint density at radius 3 is 2.53 bits per heavy atom. The van der Waals surface area contributed by atoms with E-state index in [1.807, 2.05) is 37.3 Å². The number of ether oxygens (including phenoxy) is 2. The summed E-state index contributed by atoms with van der Waals surface area (Å²) in [5, 5.41) is 9.07. The predicted octanol–water partition coefficient (Wildman–Crippen LogP) is 2.08. The quantitative estimate of drug-likeness (QED) is 0.739. The fourth-order valence-corrected chi connectivity index (χ4v) is 1.53. The van der Waals surface area contributed by atoms with Gasteiger partial charge in [0, 0.05) is 13.0 Å². The number of carboxylic acids is 1. The molecule has 1 rings (SSSR count). The molecule has 0 saturated heterocycles. The van der Waals surface area contributed by atoms with E-state index in [0.717, 1.165) is 5.56 Å². The van der Waals surface area contributed by atoms with Crippen LogP contribution < -0.4 is 0 Å². The first-order valence-electron chi connectivity index (χ1n) is 5.67. The van der Waals surface area contributed by atoms with E-state index in [9.17, 15) is 4.79 Å². The van der Waals surface area contributed by atoms with Crippen molar-refractivity contribution in [2.24, 2.45) is 0 Å². The Bertz CT molecular complexity index is 337. The van der Waals surface area contributed by atoms with Crippen LogP contribution in [-0.4, -0.2) is 30.1 Å². The molecule has 0 unspecified atom stereocenters. The van der Waals surface area contributed by atoms with Gasteiger partial charge in [0.25, 0.3) is 0 Å². The number of hydrogen-bond donors (Lipinski definition) is 1. The van der Waals surface area contributed by atoms with Gasteiger partial charge in [-0.25, -0.2) is 4.79 Å². The van der Waals surface area contributed by atoms with Crippen LogP contribution in [0.2, 0.25) is 0 Å². The number of aliphatic carboxylic acids is 1. The summed E-state index contributed by atoms with van der Waals surface area (Å²) in [7, 11) is 0. The SMILES string of the molecule is CCO[C@@H](C)O[C@@H](Cc1ccccc1)C(=O)O. The van der Waals surface area contributed by atoms with Gasteiger partial charge >= 0.3 is 5.97 Å². The number of hydrogen-bond acceptors (Lipinski definition) is 3. The van der Waals surface area contributed by atoms with Gasteiger partial charge in [-0.1, -0.05) is 30.3 Å². The van der Waals surface area contributed by atoms with Crippen LogP contribution in [0.1, 0.15) is 19.4 Å². The number of carboxylic acid groups (broad SMARTS) is 1. The highest BCUT2D eigenvalue weighted by atomic mass is 16.7. The highest BCUT2D eigenvalue weighted by Gasteiger charge is 2.21. The van der Waals surface area contributed by atoms with E-state index >= 15 is 0 Å². The third kappa shape index (κ3) is 4.97. The van der Waals surface area contributed by atoms with Crippen molar-refractivity contribution in [1.29, 1.82) is 0 Å². The maximum atomic E-state index is 11.1. The first kappa shape index (κ1) is 13.7. The molecule has 0 fully saturated rings. The smallest absolute Gasteiger partial charge is 0.333 e. The normalized spacial score (nSPS) is 14.2. The zero-order chi connectivity index (χ0) is 12.7. The van der Waals surface area contributed by atoms with Crippen molar-refractivity contribution in [1.82, 2.24) is 0 Å². The van der Waals surface area contributed by atoms with Gasteiger partial charge in [0.15, 0.2) is 12.4 Å². The molecular weight excluding hydrogens is 220 g/mol. The average molecular weight is 238 g/mol. The van der Waals surface area contributed by atoms with Crippen LogP contribution in [0, 0.1) is 0 Å². The second-order valence-corrected chi connectivity index (χ2v) is 3.68. The molecule has 1 aromatic carbocycles. The first-order valence-corrected chi connectivity index (χ1v) is 5.67. The standard InChI is InChI=1S/C13H18O4/c1-3-16-10(2)17-12(13(14)15)9-11-7-5-4-6-8-11/h4-8,10,12H,3,9H2,1-2H3,(H,14,15)/t10-,12+/m1/s1. The van der Waals surface area contributed by atoms with Crippen LogP contribution in [-0.2, 0) is 20.7 Å². The Hall–Kier alpha value is -1.39. The zero-order valence-electron chi connectivity index (χ0n) is 10.1. The Morgan fingerprint density at radius 2 is 2.00 bits per heavy atom. The molecule has 0 amide bonds. The van der Waals surface area contributed by atoms with Gasteiger partial charge in [0.2, 0.25) is 0 Å². The van der Waals surface area contributed by atoms with E-state index < -0.39 is 18.4 Å². The fourth-order valence-electron chi connectivity index (χ4n) is 1.53. The molecule has 0 spiro atoms. The van der Waals surface area contributed by atoms with Gasteiger partial charge in [-0.15, -0.1) is 0 Å². The third-order valence-electron chi connectivity index (χ3n) is 2.30. The number of rotatable bonds is 7. The molecule has 17 heavy (non-hydrogen) atoms. The topological polar surface area (TPSA) is 55.8 Å². The minimum Gasteiger partial charge on any atom is -0.479 e. The molecule has 0 bridgehead atoms. The van der Waals surface area contributed by atoms with Crippen LogP contribution in [0.4, 0.5) is 0 Å². The second kappa shape index (κ2) is 7.04. The van der Waals surface area contributed by atoms with E-state index in [2.05, 4.69) is 0 Å². The summed E-state index contributed by atoms with van der Waals surface area (Å²) in [6, 6.07) is 9.40. The lowest BCUT2D eigenvalue weighted by atomic mass is 10.1. The van der Waals surface area contributed by atoms with Crippen LogP contribution in [0.15, 0.2) is 30.3 Å². The van der Waals surface area contributed by atoms with Crippen molar-refractivity contribution in [3.63, 3.8) is 0 Å². The van der Waals surface area contributed by atoms with Gasteiger partial charge < -0.3 is 14.6 Å². The zero-order valence-corrected chi connectivity index (χ0v) is 10.1. The first-order chi connectivity index (χ1) is 8.13. The molecule has 1 N–H and O–H groups in total. The monoisotopic (exact) mass is 238 g/mol. The van der Waals surface area contributed by atoms with Gasteiger partial charge in [-0.05, 0) is 19.4 Å². The van der Waals surface area contributed by atoms with Gasteiger partial charge in [-0.3, -0.25) is 0 Å². The van der Waals surface area contributed by atoms with Crippen molar-refractivity contribution in [3.05, 3.63) is 35.9 Å². The molecule has 2 atom stereocenters. The van der Waals surface area contributed by atoms with Gasteiger partial charge in [-0.2, -0.15) is 0 Å². The van der Waals surface area contributed by atoms with Crippen molar-refractivity contribution in [3.8, 4) is 0 Å². The average Bonchev–Trinajstić information content (AvgIpc) is 2.29. The summed E-state index contributed by atoms with van der Waals surface area (Å²) in [5.74, 6) is -0.972. The van der Waals surface area contributed by atoms with E-state index in [0.29, 0.717) is 13.0 Å². The molecule has 0 aliphatic rings. The Labute approximate surface area is 101 Å². The van der Waals surface area contributed by atoms with Crippen molar-refractivity contribution in [2.75, 3.05) is 6.61 Å². The molecule has 94 valence electrons. The van der Waals surface area contributed by atoms with Crippen LogP contribution in [0.3, 0.4) is 0 Å². The maximum absolute atomic E-state index is 11.1. The molecule has 4 nitrogen and oxygen atoms in total. The molecule has 0 aromatic heterocycles. The Kier molecular flexibility index (Phi) is 5.66. The van der Waals surface area contributed by atoms with Crippen LogP contribution >= 0.6 is 0 Å². The summed E-state index contributed by atoms with van der Waals surface area (Å²) in [6.45, 7) is 4.04. The van der Waals surface area contributed by atoms with Crippen molar-refractivity contribution in [2.45, 2.75) is 32.7 Å². The molecule has 0 radical (unpaired) electrons. The van der Waals surface area contributed by atoms with E-state index in [1.165, 1.54) is 0 Å². The van der Waals surface area contributed by atoms with Crippen LogP contribution in [0.25, 0.3) is 0 Å². The lowest BCUT2D eigenvalue weighted by Crippen LogP contribution is -2.31. The molecule has 0 saturated carbocycles. The van der Waals surface area contributed by atoms with Crippen molar-refractivity contribution < 1.29 is 19.4 Å². The highest BCUT2D eigenvalue weighted by molar-refractivity contribution is 5.72. The number of benzene rings is 1. The maximum Gasteiger partial charge on any atom is 0.333 e. The summed E-state index contributed by atoms with van der Waals surface area (Å²) in [6.07, 6.45) is -1.04.